The molecule has 0 amide bonds. The molecule has 0 bridgehead atoms. The SMILES string of the molecule is FC(F)=C(F)Oc1ccc(-c2ccc(-c3c4c(c(-c5ccc(-c6ccc(OC(F)=C(F)F)cc6)s5)c5nsnc35)N=S=N4)s2)cc1. The van der Waals surface area contributed by atoms with Crippen LogP contribution in [0.3, 0.4) is 0 Å². The number of halogens is 6. The van der Waals surface area contributed by atoms with Gasteiger partial charge in [0, 0.05) is 30.6 Å². The van der Waals surface area contributed by atoms with Gasteiger partial charge in [-0.3, -0.25) is 0 Å². The summed E-state index contributed by atoms with van der Waals surface area (Å²) < 4.78 is 103. The van der Waals surface area contributed by atoms with Crippen LogP contribution >= 0.6 is 34.4 Å². The zero-order chi connectivity index (χ0) is 31.9. The third-order valence-corrected chi connectivity index (χ3v) is 9.98. The van der Waals surface area contributed by atoms with E-state index in [0.29, 0.717) is 22.4 Å². The number of nitrogens with zero attached hydrogens (tertiary/aromatic N) is 4. The Hall–Kier alpha value is -4.64. The second kappa shape index (κ2) is 12.3. The molecule has 230 valence electrons. The van der Waals surface area contributed by atoms with Crippen molar-refractivity contribution in [3.05, 3.63) is 97.0 Å². The average molecular weight is 703 g/mol. The number of rotatable bonds is 8. The fourth-order valence-electron chi connectivity index (χ4n) is 4.64. The van der Waals surface area contributed by atoms with Crippen LogP contribution in [0.25, 0.3) is 52.8 Å². The van der Waals surface area contributed by atoms with Gasteiger partial charge in [-0.2, -0.15) is 43.8 Å². The van der Waals surface area contributed by atoms with Gasteiger partial charge < -0.3 is 9.47 Å². The van der Waals surface area contributed by atoms with Crippen molar-refractivity contribution in [2.75, 3.05) is 0 Å². The quantitative estimate of drug-likeness (QED) is 0.117. The van der Waals surface area contributed by atoms with Crippen LogP contribution < -0.4 is 9.47 Å². The summed E-state index contributed by atoms with van der Waals surface area (Å²) in [4.78, 5) is 3.44. The highest BCUT2D eigenvalue weighted by Gasteiger charge is 2.28. The second-order valence-electron chi connectivity index (χ2n) is 9.32. The molecule has 1 aliphatic heterocycles. The molecule has 0 radical (unpaired) electrons. The van der Waals surface area contributed by atoms with Gasteiger partial charge in [0.15, 0.2) is 0 Å². The normalized spacial score (nSPS) is 11.8. The van der Waals surface area contributed by atoms with Gasteiger partial charge in [0.1, 0.15) is 33.9 Å². The van der Waals surface area contributed by atoms with Crippen LogP contribution in [0, 0.1) is 0 Å². The van der Waals surface area contributed by atoms with Crippen LogP contribution in [0.1, 0.15) is 0 Å². The minimum absolute atomic E-state index is 0.0622. The Bertz CT molecular complexity index is 2110. The Balaban J connectivity index is 1.22. The molecule has 1 aliphatic rings. The maximum atomic E-state index is 13.2. The fourth-order valence-corrected chi connectivity index (χ4v) is 7.87. The molecule has 0 saturated carbocycles. The predicted octanol–water partition coefficient (Wildman–Crippen LogP) is 12.0. The second-order valence-corrected chi connectivity index (χ2v) is 12.5. The van der Waals surface area contributed by atoms with Crippen LogP contribution in [0.4, 0.5) is 37.7 Å². The standard InChI is InChI=1S/C30H12F6N4O2S4/c31-27(32)29(35)41-15-5-1-13(2-6-15)17-9-11-19(43-17)21-23-25(39-45-37-23)22(26-24(21)38-46-40-26)20-12-10-18(44-20)14-3-7-16(8-4-14)42-30(36)28(33)34/h1-12H. The minimum atomic E-state index is -2.53. The lowest BCUT2D eigenvalue weighted by Gasteiger charge is -2.09. The van der Waals surface area contributed by atoms with Crippen molar-refractivity contribution in [3.8, 4) is 53.3 Å². The molecule has 46 heavy (non-hydrogen) atoms. The maximum Gasteiger partial charge on any atom is 0.344 e. The lowest BCUT2D eigenvalue weighted by atomic mass is 10.0. The van der Waals surface area contributed by atoms with E-state index in [1.165, 1.54) is 46.9 Å². The highest BCUT2D eigenvalue weighted by atomic mass is 32.1. The highest BCUT2D eigenvalue weighted by Crippen LogP contribution is 2.54. The summed E-state index contributed by atoms with van der Waals surface area (Å²) in [6, 6.07) is 16.0. The van der Waals surface area contributed by atoms with E-state index in [2.05, 4.69) is 26.9 Å². The van der Waals surface area contributed by atoms with Crippen molar-refractivity contribution in [1.29, 1.82) is 0 Å². The van der Waals surface area contributed by atoms with Crippen molar-refractivity contribution in [2.45, 2.75) is 0 Å². The summed E-state index contributed by atoms with van der Waals surface area (Å²) >= 11 is 5.05. The van der Waals surface area contributed by atoms with Gasteiger partial charge in [0.2, 0.25) is 0 Å². The van der Waals surface area contributed by atoms with Crippen molar-refractivity contribution >= 4 is 68.2 Å². The van der Waals surface area contributed by atoms with Gasteiger partial charge in [-0.15, -0.1) is 22.7 Å². The monoisotopic (exact) mass is 702 g/mol. The minimum Gasteiger partial charge on any atom is -0.428 e. The van der Waals surface area contributed by atoms with Gasteiger partial charge in [-0.25, -0.2) is 0 Å². The fraction of sp³-hybridized carbons (Fsp3) is 0. The van der Waals surface area contributed by atoms with Gasteiger partial charge in [-0.05, 0) is 83.9 Å². The predicted molar refractivity (Wildman–Crippen MR) is 168 cm³/mol. The third-order valence-electron chi connectivity index (χ3n) is 6.62. The summed E-state index contributed by atoms with van der Waals surface area (Å²) in [5.41, 5.74) is 5.70. The van der Waals surface area contributed by atoms with Crippen LogP contribution in [0.2, 0.25) is 0 Å². The molecule has 0 spiro atoms. The van der Waals surface area contributed by atoms with Gasteiger partial charge in [0.05, 0.1) is 23.1 Å². The number of fused-ring (bicyclic) bond motifs is 2. The highest BCUT2D eigenvalue weighted by molar-refractivity contribution is 7.58. The molecule has 0 N–H and O–H groups in total. The number of ether oxygens (including phenoxy) is 2. The van der Waals surface area contributed by atoms with E-state index in [4.69, 9.17) is 0 Å². The van der Waals surface area contributed by atoms with E-state index in [9.17, 15) is 26.3 Å². The third kappa shape index (κ3) is 5.64. The Labute approximate surface area is 270 Å². The maximum absolute atomic E-state index is 13.2. The van der Waals surface area contributed by atoms with Crippen LogP contribution in [0.5, 0.6) is 11.5 Å². The van der Waals surface area contributed by atoms with Crippen LogP contribution in [0.15, 0.2) is 106 Å². The Morgan fingerprint density at radius 1 is 0.500 bits per heavy atom. The molecule has 0 fully saturated rings. The molecule has 4 heterocycles. The molecule has 6 aromatic rings. The lowest BCUT2D eigenvalue weighted by Crippen LogP contribution is -1.90. The van der Waals surface area contributed by atoms with E-state index in [0.717, 1.165) is 64.8 Å². The van der Waals surface area contributed by atoms with E-state index in [1.54, 1.807) is 24.3 Å². The van der Waals surface area contributed by atoms with Crippen molar-refractivity contribution in [3.63, 3.8) is 0 Å². The summed E-state index contributed by atoms with van der Waals surface area (Å²) in [5, 5.41) is 0. The van der Waals surface area contributed by atoms with E-state index >= 15 is 0 Å². The van der Waals surface area contributed by atoms with Gasteiger partial charge in [0.25, 0.3) is 0 Å². The molecule has 7 rings (SSSR count). The molecule has 3 aromatic heterocycles. The largest absolute Gasteiger partial charge is 0.428 e. The summed E-state index contributed by atoms with van der Waals surface area (Å²) in [5.74, 6) is -0.124. The number of thiophene rings is 2. The number of hydrogen-bond acceptors (Lipinski definition) is 9. The Morgan fingerprint density at radius 3 is 1.28 bits per heavy atom. The van der Waals surface area contributed by atoms with Crippen molar-refractivity contribution < 1.29 is 35.8 Å². The van der Waals surface area contributed by atoms with Crippen molar-refractivity contribution in [1.82, 2.24) is 8.75 Å². The lowest BCUT2D eigenvalue weighted by molar-refractivity contribution is 0.241. The number of benzene rings is 3. The topological polar surface area (TPSA) is 69.0 Å². The van der Waals surface area contributed by atoms with E-state index < -0.39 is 24.2 Å². The molecule has 6 nitrogen and oxygen atoms in total. The average Bonchev–Trinajstić information content (AvgIpc) is 3.88. The molecule has 0 unspecified atom stereocenters. The zero-order valence-electron chi connectivity index (χ0n) is 22.4. The smallest absolute Gasteiger partial charge is 0.344 e. The Morgan fingerprint density at radius 2 is 0.891 bits per heavy atom. The molecule has 0 aliphatic carbocycles. The van der Waals surface area contributed by atoms with Crippen LogP contribution in [-0.4, -0.2) is 8.75 Å². The molecule has 0 saturated heterocycles. The Kier molecular flexibility index (Phi) is 8.02. The number of aromatic nitrogens is 2. The zero-order valence-corrected chi connectivity index (χ0v) is 25.7. The van der Waals surface area contributed by atoms with Gasteiger partial charge >= 0.3 is 24.2 Å². The molecule has 0 atom stereocenters. The summed E-state index contributed by atoms with van der Waals surface area (Å²) in [6.45, 7) is 0. The first kappa shape index (κ1) is 30.0. The van der Waals surface area contributed by atoms with E-state index in [-0.39, 0.29) is 11.5 Å². The molecule has 16 heteroatoms. The van der Waals surface area contributed by atoms with Crippen molar-refractivity contribution in [2.24, 2.45) is 8.73 Å². The first-order chi connectivity index (χ1) is 22.3. The molecular formula is C30H12F6N4O2S4. The van der Waals surface area contributed by atoms with E-state index in [1.807, 2.05) is 24.3 Å². The first-order valence-electron chi connectivity index (χ1n) is 12.9. The number of hydrogen-bond donors (Lipinski definition) is 0. The first-order valence-corrected chi connectivity index (χ1v) is 15.9. The van der Waals surface area contributed by atoms with Crippen LogP contribution in [-0.2, 0) is 11.4 Å². The molecule has 3 aromatic carbocycles. The molecular weight excluding hydrogens is 691 g/mol. The summed E-state index contributed by atoms with van der Waals surface area (Å²) in [7, 11) is 0. The summed E-state index contributed by atoms with van der Waals surface area (Å²) in [6.07, 6.45) is -5.07. The van der Waals surface area contributed by atoms with Gasteiger partial charge in [-0.1, -0.05) is 0 Å².